The maximum absolute atomic E-state index is 0. The first-order valence-corrected chi connectivity index (χ1v) is 0. The van der Waals surface area contributed by atoms with E-state index in [1.54, 1.807) is 0 Å². The summed E-state index contributed by atoms with van der Waals surface area (Å²) in [6.07, 6.45) is 0. The molecule has 0 bridgehead atoms. The molecule has 0 amide bonds. The molecule has 0 unspecified atom stereocenters. The summed E-state index contributed by atoms with van der Waals surface area (Å²) in [5, 5.41) is 0. The third-order valence-electron chi connectivity index (χ3n) is 0. The monoisotopic (exact) mass is 144 g/mol. The summed E-state index contributed by atoms with van der Waals surface area (Å²) in [5.41, 5.74) is 0. The Kier molecular flexibility index (Phi) is 89.9. The van der Waals surface area contributed by atoms with Crippen molar-refractivity contribution in [1.29, 1.82) is 0 Å². The molecule has 8 valence electrons. The third-order valence-corrected chi connectivity index (χ3v) is 0. The van der Waals surface area contributed by atoms with Crippen molar-refractivity contribution in [2.45, 2.75) is 0 Å². The summed E-state index contributed by atoms with van der Waals surface area (Å²) in [6.45, 7) is 0. The molecule has 0 aromatic rings. The first-order chi connectivity index (χ1) is 0. The topological polar surface area (TPSA) is 0 Å². The molecular weight excluding hydrogens is 140 g/mol. The molecule has 0 fully saturated rings. The van der Waals surface area contributed by atoms with Crippen LogP contribution in [0.15, 0.2) is 0 Å². The molecule has 0 saturated carbocycles. The summed E-state index contributed by atoms with van der Waals surface area (Å²) in [6, 6.07) is 0. The molecule has 0 N–H and O–H groups in total. The fraction of sp³-hybridized carbons (Fsp3) is 0. The fourth-order valence-corrected chi connectivity index (χ4v) is 0. The summed E-state index contributed by atoms with van der Waals surface area (Å²) >= 11 is 0. The van der Waals surface area contributed by atoms with Crippen LogP contribution in [0.3, 0.4) is 0 Å². The number of rotatable bonds is 0. The van der Waals surface area contributed by atoms with Gasteiger partial charge in [-0.25, -0.2) is 0 Å². The van der Waals surface area contributed by atoms with Gasteiger partial charge in [0, 0.05) is 0 Å². The second-order valence-corrected chi connectivity index (χ2v) is 0. The molecule has 0 aliphatic heterocycles. The van der Waals surface area contributed by atoms with Gasteiger partial charge in [-0.2, -0.15) is 0 Å². The standard InChI is InChI=1S/3K.Na.4H/q4*+1;4*-1. The Morgan fingerprint density at radius 3 is 0.750 bits per heavy atom. The minimum absolute atomic E-state index is 0. The molecule has 0 heterocycles. The van der Waals surface area contributed by atoms with Crippen molar-refractivity contribution in [1.82, 2.24) is 0 Å². The van der Waals surface area contributed by atoms with E-state index in [9.17, 15) is 0 Å². The van der Waals surface area contributed by atoms with E-state index in [4.69, 9.17) is 0 Å². The van der Waals surface area contributed by atoms with Gasteiger partial charge in [-0.3, -0.25) is 0 Å². The SMILES string of the molecule is [H-].[H-].[H-].[H-].[K+].[K+].[K+].[Na+]. The van der Waals surface area contributed by atoms with E-state index in [-0.39, 0.29) is 189 Å². The average molecular weight is 144 g/mol. The Labute approximate surface area is 182 Å². The molecule has 4 heteroatoms. The van der Waals surface area contributed by atoms with Gasteiger partial charge in [0.2, 0.25) is 0 Å². The first kappa shape index (κ1) is 22.5. The normalized spacial score (nSPS) is 0. The van der Waals surface area contributed by atoms with Crippen molar-refractivity contribution >= 4 is 0 Å². The van der Waals surface area contributed by atoms with Crippen molar-refractivity contribution in [3.8, 4) is 0 Å². The van der Waals surface area contributed by atoms with E-state index >= 15 is 0 Å². The van der Waals surface area contributed by atoms with E-state index in [1.807, 2.05) is 0 Å². The van der Waals surface area contributed by atoms with E-state index in [0.717, 1.165) is 0 Å². The second kappa shape index (κ2) is 16.0. The Morgan fingerprint density at radius 1 is 0.750 bits per heavy atom. The molecule has 0 saturated heterocycles. The number of hydrogen-bond acceptors (Lipinski definition) is 0. The molecule has 0 aliphatic rings. The van der Waals surface area contributed by atoms with Crippen LogP contribution < -0.4 is 184 Å². The maximum atomic E-state index is 0. The smallest absolute Gasteiger partial charge is 1.00 e. The van der Waals surface area contributed by atoms with E-state index in [2.05, 4.69) is 0 Å². The van der Waals surface area contributed by atoms with Gasteiger partial charge in [-0.15, -0.1) is 0 Å². The molecule has 4 heavy (non-hydrogen) atoms. The van der Waals surface area contributed by atoms with Crippen molar-refractivity contribution in [2.75, 3.05) is 0 Å². The summed E-state index contributed by atoms with van der Waals surface area (Å²) in [4.78, 5) is 0. The predicted octanol–water partition coefficient (Wildman–Crippen LogP) is -11.5. The van der Waals surface area contributed by atoms with Crippen LogP contribution in [0.1, 0.15) is 5.71 Å². The molecule has 0 spiro atoms. The third kappa shape index (κ3) is 10.8. The molecular formula is H4K3Na. The molecule has 0 rings (SSSR count). The van der Waals surface area contributed by atoms with Gasteiger partial charge < -0.3 is 5.71 Å². The predicted molar refractivity (Wildman–Crippen MR) is 4.45 cm³/mol. The van der Waals surface area contributed by atoms with Gasteiger partial charge in [-0.1, -0.05) is 0 Å². The van der Waals surface area contributed by atoms with E-state index < -0.39 is 0 Å². The molecule has 0 aromatic heterocycles. The average Bonchev–Trinajstić information content (AvgIpc) is 0. The summed E-state index contributed by atoms with van der Waals surface area (Å²) in [7, 11) is 0. The summed E-state index contributed by atoms with van der Waals surface area (Å²) in [5.74, 6) is 0. The molecule has 0 aliphatic carbocycles. The zero-order valence-electron chi connectivity index (χ0n) is 8.00. The van der Waals surface area contributed by atoms with Crippen LogP contribution in [0.2, 0.25) is 0 Å². The van der Waals surface area contributed by atoms with Crippen molar-refractivity contribution in [3.63, 3.8) is 0 Å². The van der Waals surface area contributed by atoms with Gasteiger partial charge in [0.05, 0.1) is 0 Å². The zero-order valence-corrected chi connectivity index (χ0v) is 15.4. The van der Waals surface area contributed by atoms with Crippen molar-refractivity contribution < 1.29 is 189 Å². The van der Waals surface area contributed by atoms with E-state index in [0.29, 0.717) is 0 Å². The zero-order chi connectivity index (χ0) is 0. The van der Waals surface area contributed by atoms with Gasteiger partial charge in [0.1, 0.15) is 0 Å². The molecule has 0 nitrogen and oxygen atoms in total. The van der Waals surface area contributed by atoms with Crippen LogP contribution in [0.4, 0.5) is 0 Å². The van der Waals surface area contributed by atoms with Crippen LogP contribution in [0.5, 0.6) is 0 Å². The summed E-state index contributed by atoms with van der Waals surface area (Å²) < 4.78 is 0. The Balaban J connectivity index is 0. The van der Waals surface area contributed by atoms with Crippen LogP contribution in [-0.2, 0) is 0 Å². The Morgan fingerprint density at radius 2 is 0.750 bits per heavy atom. The van der Waals surface area contributed by atoms with E-state index in [1.165, 1.54) is 0 Å². The van der Waals surface area contributed by atoms with Crippen LogP contribution in [0, 0.1) is 0 Å². The largest absolute Gasteiger partial charge is 1.00 e. The van der Waals surface area contributed by atoms with Gasteiger partial charge in [0.25, 0.3) is 0 Å². The maximum Gasteiger partial charge on any atom is 1.00 e. The molecule has 0 radical (unpaired) electrons. The molecule has 0 atom stereocenters. The van der Waals surface area contributed by atoms with Crippen molar-refractivity contribution in [3.05, 3.63) is 0 Å². The minimum atomic E-state index is 0. The van der Waals surface area contributed by atoms with Crippen LogP contribution in [-0.4, -0.2) is 0 Å². The molecule has 0 aromatic carbocycles. The van der Waals surface area contributed by atoms with Gasteiger partial charge in [-0.05, 0) is 0 Å². The van der Waals surface area contributed by atoms with Crippen LogP contribution in [0.25, 0.3) is 0 Å². The Hall–Kier alpha value is 5.91. The van der Waals surface area contributed by atoms with Crippen LogP contribution >= 0.6 is 0 Å². The Bertz CT molecular complexity index is 11.2. The van der Waals surface area contributed by atoms with Gasteiger partial charge >= 0.3 is 184 Å². The first-order valence-electron chi connectivity index (χ1n) is 0. The quantitative estimate of drug-likeness (QED) is 0.296. The second-order valence-electron chi connectivity index (χ2n) is 0. The van der Waals surface area contributed by atoms with Gasteiger partial charge in [0.15, 0.2) is 0 Å². The number of hydrogen-bond donors (Lipinski definition) is 0. The van der Waals surface area contributed by atoms with Crippen molar-refractivity contribution in [2.24, 2.45) is 0 Å². The fourth-order valence-electron chi connectivity index (χ4n) is 0. The minimum Gasteiger partial charge on any atom is -1.00 e.